The molecular weight excluding hydrogens is 338 g/mol. The lowest BCUT2D eigenvalue weighted by Gasteiger charge is -2.27. The van der Waals surface area contributed by atoms with Crippen LogP contribution >= 0.6 is 0 Å². The number of hydrogen-bond acceptors (Lipinski definition) is 3. The van der Waals surface area contributed by atoms with E-state index < -0.39 is 5.97 Å². The third kappa shape index (κ3) is 13.8. The molecule has 1 aliphatic carbocycles. The number of carboxylic acid groups (broad SMARTS) is 1. The van der Waals surface area contributed by atoms with E-state index in [1.807, 2.05) is 0 Å². The zero-order valence-corrected chi connectivity index (χ0v) is 17.6. The molecule has 0 unspecified atom stereocenters. The van der Waals surface area contributed by atoms with E-state index in [0.29, 0.717) is 18.1 Å². The Morgan fingerprint density at radius 1 is 0.778 bits per heavy atom. The molecule has 0 aromatic rings. The molecule has 0 atom stereocenters. The first kappa shape index (κ1) is 24.1. The first-order valence-corrected chi connectivity index (χ1v) is 11.5. The minimum Gasteiger partial charge on any atom is -0.481 e. The van der Waals surface area contributed by atoms with Gasteiger partial charge in [0.2, 0.25) is 0 Å². The van der Waals surface area contributed by atoms with Gasteiger partial charge in [-0.3, -0.25) is 9.59 Å². The van der Waals surface area contributed by atoms with Gasteiger partial charge in [-0.05, 0) is 64.5 Å². The summed E-state index contributed by atoms with van der Waals surface area (Å²) in [6.07, 6.45) is 18.6. The number of rotatable bonds is 17. The first-order valence-electron chi connectivity index (χ1n) is 11.5. The fraction of sp³-hybridized carbons (Fsp3) is 0.913. The molecule has 0 amide bonds. The number of carboxylic acids is 1. The Morgan fingerprint density at radius 3 is 1.74 bits per heavy atom. The summed E-state index contributed by atoms with van der Waals surface area (Å²) in [5.74, 6) is 0.849. The summed E-state index contributed by atoms with van der Waals surface area (Å²) < 4.78 is 0. The maximum Gasteiger partial charge on any atom is 0.303 e. The van der Waals surface area contributed by atoms with Crippen LogP contribution in [0.2, 0.25) is 0 Å². The average molecular weight is 382 g/mol. The Bertz CT molecular complexity index is 389. The largest absolute Gasteiger partial charge is 0.481 e. The van der Waals surface area contributed by atoms with Crippen LogP contribution in [0.3, 0.4) is 0 Å². The number of nitrogens with one attached hydrogen (secondary N) is 1. The average Bonchev–Trinajstić information content (AvgIpc) is 2.65. The van der Waals surface area contributed by atoms with Gasteiger partial charge in [0.05, 0.1) is 0 Å². The minimum atomic E-state index is -0.665. The number of carbonyl (C=O) groups is 2. The predicted octanol–water partition coefficient (Wildman–Crippen LogP) is 5.74. The normalized spacial score (nSPS) is 19.9. The Morgan fingerprint density at radius 2 is 1.26 bits per heavy atom. The van der Waals surface area contributed by atoms with E-state index in [0.717, 1.165) is 44.7 Å². The summed E-state index contributed by atoms with van der Waals surface area (Å²) >= 11 is 0. The smallest absolute Gasteiger partial charge is 0.303 e. The van der Waals surface area contributed by atoms with Crippen LogP contribution in [0.5, 0.6) is 0 Å². The van der Waals surface area contributed by atoms with Crippen molar-refractivity contribution in [2.45, 2.75) is 110 Å². The van der Waals surface area contributed by atoms with Crippen LogP contribution in [-0.2, 0) is 9.59 Å². The van der Waals surface area contributed by atoms with Crippen molar-refractivity contribution < 1.29 is 14.7 Å². The summed E-state index contributed by atoms with van der Waals surface area (Å²) in [5.41, 5.74) is 0. The number of Topliss-reactive ketones (excluding diaryl/α,β-unsaturated/α-hetero) is 1. The zero-order chi connectivity index (χ0) is 19.7. The number of hydrogen-bond donors (Lipinski definition) is 2. The second-order valence-corrected chi connectivity index (χ2v) is 8.57. The molecule has 0 saturated heterocycles. The summed E-state index contributed by atoms with van der Waals surface area (Å²) in [7, 11) is 0. The third-order valence-corrected chi connectivity index (χ3v) is 6.10. The Kier molecular flexibility index (Phi) is 14.4. The zero-order valence-electron chi connectivity index (χ0n) is 17.6. The van der Waals surface area contributed by atoms with Gasteiger partial charge < -0.3 is 10.4 Å². The molecule has 1 fully saturated rings. The van der Waals surface area contributed by atoms with Gasteiger partial charge in [-0.2, -0.15) is 0 Å². The molecule has 4 heteroatoms. The highest BCUT2D eigenvalue weighted by Crippen LogP contribution is 2.28. The van der Waals surface area contributed by atoms with Crippen LogP contribution in [-0.4, -0.2) is 29.9 Å². The maximum atomic E-state index is 11.4. The van der Waals surface area contributed by atoms with E-state index in [4.69, 9.17) is 5.11 Å². The van der Waals surface area contributed by atoms with Crippen molar-refractivity contribution in [3.05, 3.63) is 0 Å². The molecule has 0 aliphatic heterocycles. The van der Waals surface area contributed by atoms with E-state index in [-0.39, 0.29) is 0 Å². The second kappa shape index (κ2) is 16.1. The Hall–Kier alpha value is -0.900. The second-order valence-electron chi connectivity index (χ2n) is 8.57. The summed E-state index contributed by atoms with van der Waals surface area (Å²) in [5, 5.41) is 12.2. The third-order valence-electron chi connectivity index (χ3n) is 6.10. The highest BCUT2D eigenvalue weighted by Gasteiger charge is 2.23. The standard InChI is InChI=1S/C23H43NO3/c1-20(25)22-16-14-21(15-17-22)19-24-18-12-10-8-6-4-2-3-5-7-9-11-13-23(26)27/h21-22,24H,2-19H2,1H3,(H,26,27)/t21-,22-. The number of aliphatic carboxylic acids is 1. The lowest BCUT2D eigenvalue weighted by Crippen LogP contribution is -2.28. The van der Waals surface area contributed by atoms with Gasteiger partial charge in [-0.15, -0.1) is 0 Å². The summed E-state index contributed by atoms with van der Waals surface area (Å²) in [4.78, 5) is 21.8. The molecule has 0 radical (unpaired) electrons. The van der Waals surface area contributed by atoms with Gasteiger partial charge >= 0.3 is 5.97 Å². The molecule has 158 valence electrons. The molecule has 1 rings (SSSR count). The number of carbonyl (C=O) groups excluding carboxylic acids is 1. The quantitative estimate of drug-likeness (QED) is 0.315. The van der Waals surface area contributed by atoms with Gasteiger partial charge in [0.1, 0.15) is 5.78 Å². The fourth-order valence-corrected chi connectivity index (χ4v) is 4.20. The van der Waals surface area contributed by atoms with Gasteiger partial charge in [0, 0.05) is 12.3 Å². The van der Waals surface area contributed by atoms with E-state index in [2.05, 4.69) is 5.32 Å². The van der Waals surface area contributed by atoms with Crippen molar-refractivity contribution in [2.24, 2.45) is 11.8 Å². The Labute approximate surface area is 166 Å². The molecule has 0 heterocycles. The topological polar surface area (TPSA) is 66.4 Å². The van der Waals surface area contributed by atoms with Gasteiger partial charge in [0.15, 0.2) is 0 Å². The van der Waals surface area contributed by atoms with E-state index in [1.54, 1.807) is 6.92 Å². The number of ketones is 1. The highest BCUT2D eigenvalue weighted by molar-refractivity contribution is 5.78. The van der Waals surface area contributed by atoms with Gasteiger partial charge in [-0.1, -0.05) is 57.8 Å². The van der Waals surface area contributed by atoms with Crippen LogP contribution in [0.25, 0.3) is 0 Å². The maximum absolute atomic E-state index is 11.4. The predicted molar refractivity (Wildman–Crippen MR) is 112 cm³/mol. The SMILES string of the molecule is CC(=O)[C@H]1CC[C@H](CNCCCCCCCCCCCCCC(=O)O)CC1. The summed E-state index contributed by atoms with van der Waals surface area (Å²) in [6.45, 7) is 4.02. The van der Waals surface area contributed by atoms with Crippen molar-refractivity contribution >= 4 is 11.8 Å². The molecule has 0 aromatic carbocycles. The minimum absolute atomic E-state index is 0.329. The first-order chi connectivity index (χ1) is 13.1. The Balaban J connectivity index is 1.75. The molecule has 0 aromatic heterocycles. The van der Waals surface area contributed by atoms with E-state index in [9.17, 15) is 9.59 Å². The molecule has 4 nitrogen and oxygen atoms in total. The molecule has 0 spiro atoms. The van der Waals surface area contributed by atoms with Crippen molar-refractivity contribution in [2.75, 3.05) is 13.1 Å². The van der Waals surface area contributed by atoms with E-state index >= 15 is 0 Å². The molecule has 1 saturated carbocycles. The highest BCUT2D eigenvalue weighted by atomic mass is 16.4. The fourth-order valence-electron chi connectivity index (χ4n) is 4.20. The monoisotopic (exact) mass is 381 g/mol. The van der Waals surface area contributed by atoms with Crippen molar-refractivity contribution in [1.82, 2.24) is 5.32 Å². The van der Waals surface area contributed by atoms with Crippen LogP contribution in [0.4, 0.5) is 0 Å². The van der Waals surface area contributed by atoms with Crippen LogP contribution < -0.4 is 5.32 Å². The molecular formula is C23H43NO3. The van der Waals surface area contributed by atoms with Crippen LogP contribution in [0.15, 0.2) is 0 Å². The molecule has 1 aliphatic rings. The molecule has 27 heavy (non-hydrogen) atoms. The van der Waals surface area contributed by atoms with Crippen LogP contribution in [0.1, 0.15) is 110 Å². The lowest BCUT2D eigenvalue weighted by atomic mass is 9.80. The van der Waals surface area contributed by atoms with E-state index in [1.165, 1.54) is 70.6 Å². The molecule has 2 N–H and O–H groups in total. The summed E-state index contributed by atoms with van der Waals surface area (Å²) in [6, 6.07) is 0. The molecule has 0 bridgehead atoms. The van der Waals surface area contributed by atoms with Crippen molar-refractivity contribution in [3.8, 4) is 0 Å². The lowest BCUT2D eigenvalue weighted by molar-refractivity contribution is -0.137. The van der Waals surface area contributed by atoms with Crippen molar-refractivity contribution in [3.63, 3.8) is 0 Å². The van der Waals surface area contributed by atoms with Gasteiger partial charge in [0.25, 0.3) is 0 Å². The number of unbranched alkanes of at least 4 members (excludes halogenated alkanes) is 10. The van der Waals surface area contributed by atoms with Crippen molar-refractivity contribution in [1.29, 1.82) is 0 Å². The van der Waals surface area contributed by atoms with Crippen LogP contribution in [0, 0.1) is 11.8 Å². The van der Waals surface area contributed by atoms with Gasteiger partial charge in [-0.25, -0.2) is 0 Å².